The Bertz CT molecular complexity index is 805. The standard InChI is InChI=1S/C18H17FN2O3/c1-11-7-14(18-15(8-11)21-17(23)10-24-18)20-16(22)6-5-12-3-2-4-13(19)9-12/h2-4,7-9H,5-6,10H2,1H3,(H,20,22)(H,21,23). The van der Waals surface area contributed by atoms with Crippen molar-refractivity contribution in [3.8, 4) is 5.75 Å². The third kappa shape index (κ3) is 3.71. The zero-order valence-corrected chi connectivity index (χ0v) is 13.2. The summed E-state index contributed by atoms with van der Waals surface area (Å²) < 4.78 is 18.6. The summed E-state index contributed by atoms with van der Waals surface area (Å²) in [5.41, 5.74) is 2.72. The van der Waals surface area contributed by atoms with Gasteiger partial charge in [0.25, 0.3) is 5.91 Å². The van der Waals surface area contributed by atoms with Gasteiger partial charge in [0, 0.05) is 6.42 Å². The molecule has 3 rings (SSSR count). The largest absolute Gasteiger partial charge is 0.479 e. The smallest absolute Gasteiger partial charge is 0.262 e. The molecule has 2 N–H and O–H groups in total. The van der Waals surface area contributed by atoms with E-state index in [4.69, 9.17) is 4.74 Å². The quantitative estimate of drug-likeness (QED) is 0.906. The number of carbonyl (C=O) groups is 2. The number of anilines is 2. The minimum atomic E-state index is -0.315. The summed E-state index contributed by atoms with van der Waals surface area (Å²) in [6.45, 7) is 1.78. The van der Waals surface area contributed by atoms with Crippen molar-refractivity contribution in [2.45, 2.75) is 19.8 Å². The van der Waals surface area contributed by atoms with Crippen LogP contribution < -0.4 is 15.4 Å². The van der Waals surface area contributed by atoms with Crippen molar-refractivity contribution in [3.63, 3.8) is 0 Å². The number of ether oxygens (including phenoxy) is 1. The molecule has 0 bridgehead atoms. The first kappa shape index (κ1) is 16.0. The maximum atomic E-state index is 13.2. The lowest BCUT2D eigenvalue weighted by molar-refractivity contribution is -0.118. The van der Waals surface area contributed by atoms with Crippen molar-refractivity contribution in [1.82, 2.24) is 0 Å². The molecule has 0 radical (unpaired) electrons. The van der Waals surface area contributed by atoms with Gasteiger partial charge in [0.15, 0.2) is 12.4 Å². The van der Waals surface area contributed by atoms with E-state index < -0.39 is 0 Å². The minimum Gasteiger partial charge on any atom is -0.479 e. The van der Waals surface area contributed by atoms with Crippen LogP contribution in [0.1, 0.15) is 17.5 Å². The Balaban J connectivity index is 1.69. The second kappa shape index (κ2) is 6.70. The highest BCUT2D eigenvalue weighted by atomic mass is 19.1. The number of aryl methyl sites for hydroxylation is 2. The van der Waals surface area contributed by atoms with Gasteiger partial charge in [0.1, 0.15) is 5.82 Å². The summed E-state index contributed by atoms with van der Waals surface area (Å²) in [6, 6.07) is 9.76. The van der Waals surface area contributed by atoms with Gasteiger partial charge >= 0.3 is 0 Å². The number of hydrogen-bond acceptors (Lipinski definition) is 3. The molecule has 0 saturated carbocycles. The van der Waals surface area contributed by atoms with Crippen molar-refractivity contribution in [2.75, 3.05) is 17.2 Å². The maximum Gasteiger partial charge on any atom is 0.262 e. The van der Waals surface area contributed by atoms with Crippen LogP contribution in [0.3, 0.4) is 0 Å². The molecule has 0 spiro atoms. The third-order valence-electron chi connectivity index (χ3n) is 3.66. The van der Waals surface area contributed by atoms with Gasteiger partial charge < -0.3 is 15.4 Å². The van der Waals surface area contributed by atoms with E-state index in [1.54, 1.807) is 24.3 Å². The molecule has 24 heavy (non-hydrogen) atoms. The molecule has 6 heteroatoms. The molecular weight excluding hydrogens is 311 g/mol. The van der Waals surface area contributed by atoms with E-state index in [0.717, 1.165) is 11.1 Å². The summed E-state index contributed by atoms with van der Waals surface area (Å²) >= 11 is 0. The van der Waals surface area contributed by atoms with Crippen molar-refractivity contribution in [2.24, 2.45) is 0 Å². The SMILES string of the molecule is Cc1cc(NC(=O)CCc2cccc(F)c2)c2c(c1)NC(=O)CO2. The molecule has 0 aliphatic carbocycles. The molecule has 1 heterocycles. The number of benzene rings is 2. The van der Waals surface area contributed by atoms with E-state index in [2.05, 4.69) is 10.6 Å². The Morgan fingerprint density at radius 1 is 1.33 bits per heavy atom. The first-order valence-corrected chi connectivity index (χ1v) is 7.63. The number of rotatable bonds is 4. The molecule has 2 aromatic rings. The average molecular weight is 328 g/mol. The second-order valence-corrected chi connectivity index (χ2v) is 5.70. The molecule has 0 aromatic heterocycles. The maximum absolute atomic E-state index is 13.2. The van der Waals surface area contributed by atoms with Crippen LogP contribution in [0.15, 0.2) is 36.4 Å². The monoisotopic (exact) mass is 328 g/mol. The third-order valence-corrected chi connectivity index (χ3v) is 3.66. The predicted octanol–water partition coefficient (Wildman–Crippen LogP) is 3.04. The van der Waals surface area contributed by atoms with E-state index in [1.165, 1.54) is 12.1 Å². The number of hydrogen-bond donors (Lipinski definition) is 2. The first-order valence-electron chi connectivity index (χ1n) is 7.63. The summed E-state index contributed by atoms with van der Waals surface area (Å²) in [4.78, 5) is 23.6. The molecule has 0 atom stereocenters. The fourth-order valence-electron chi connectivity index (χ4n) is 2.60. The highest BCUT2D eigenvalue weighted by molar-refractivity contribution is 6.00. The van der Waals surface area contributed by atoms with Gasteiger partial charge in [-0.05, 0) is 48.7 Å². The highest BCUT2D eigenvalue weighted by Crippen LogP contribution is 2.37. The molecule has 0 saturated heterocycles. The molecule has 2 aromatic carbocycles. The van der Waals surface area contributed by atoms with Gasteiger partial charge in [-0.25, -0.2) is 4.39 Å². The number of nitrogens with one attached hydrogen (secondary N) is 2. The molecular formula is C18H17FN2O3. The zero-order chi connectivity index (χ0) is 17.1. The number of halogens is 1. The molecule has 124 valence electrons. The lowest BCUT2D eigenvalue weighted by atomic mass is 10.1. The molecule has 1 aliphatic heterocycles. The van der Waals surface area contributed by atoms with Gasteiger partial charge in [-0.15, -0.1) is 0 Å². The number of fused-ring (bicyclic) bond motifs is 1. The van der Waals surface area contributed by atoms with E-state index in [0.29, 0.717) is 23.5 Å². The van der Waals surface area contributed by atoms with Crippen LogP contribution in [-0.2, 0) is 16.0 Å². The Morgan fingerprint density at radius 3 is 2.96 bits per heavy atom. The Hall–Kier alpha value is -2.89. The van der Waals surface area contributed by atoms with Crippen LogP contribution in [0.5, 0.6) is 5.75 Å². The van der Waals surface area contributed by atoms with Crippen LogP contribution in [0.2, 0.25) is 0 Å². The highest BCUT2D eigenvalue weighted by Gasteiger charge is 2.20. The van der Waals surface area contributed by atoms with Gasteiger partial charge in [-0.3, -0.25) is 9.59 Å². The number of amides is 2. The van der Waals surface area contributed by atoms with Crippen molar-refractivity contribution in [1.29, 1.82) is 0 Å². The summed E-state index contributed by atoms with van der Waals surface area (Å²) in [5.74, 6) is -0.284. The topological polar surface area (TPSA) is 67.4 Å². The summed E-state index contributed by atoms with van der Waals surface area (Å²) in [6.07, 6.45) is 0.660. The molecule has 1 aliphatic rings. The van der Waals surface area contributed by atoms with Crippen LogP contribution in [0.25, 0.3) is 0 Å². The van der Waals surface area contributed by atoms with E-state index >= 15 is 0 Å². The Labute approximate surface area is 138 Å². The van der Waals surface area contributed by atoms with Crippen molar-refractivity contribution in [3.05, 3.63) is 53.3 Å². The first-order chi connectivity index (χ1) is 11.5. The molecule has 2 amide bonds. The predicted molar refractivity (Wildman–Crippen MR) is 88.7 cm³/mol. The lowest BCUT2D eigenvalue weighted by Crippen LogP contribution is -2.26. The van der Waals surface area contributed by atoms with Gasteiger partial charge in [0.05, 0.1) is 11.4 Å². The normalized spacial score (nSPS) is 12.8. The number of carbonyl (C=O) groups excluding carboxylic acids is 2. The van der Waals surface area contributed by atoms with Gasteiger partial charge in [-0.1, -0.05) is 12.1 Å². The Kier molecular flexibility index (Phi) is 4.46. The van der Waals surface area contributed by atoms with Crippen molar-refractivity contribution < 1.29 is 18.7 Å². The van der Waals surface area contributed by atoms with Gasteiger partial charge in [-0.2, -0.15) is 0 Å². The zero-order valence-electron chi connectivity index (χ0n) is 13.2. The van der Waals surface area contributed by atoms with Gasteiger partial charge in [0.2, 0.25) is 5.91 Å². The summed E-state index contributed by atoms with van der Waals surface area (Å²) in [5, 5.41) is 5.52. The van der Waals surface area contributed by atoms with E-state index in [9.17, 15) is 14.0 Å². The average Bonchev–Trinajstić information content (AvgIpc) is 2.52. The van der Waals surface area contributed by atoms with Crippen LogP contribution in [-0.4, -0.2) is 18.4 Å². The van der Waals surface area contributed by atoms with E-state index in [1.807, 2.05) is 6.92 Å². The second-order valence-electron chi connectivity index (χ2n) is 5.70. The lowest BCUT2D eigenvalue weighted by Gasteiger charge is -2.21. The summed E-state index contributed by atoms with van der Waals surface area (Å²) in [7, 11) is 0. The Morgan fingerprint density at radius 2 is 2.17 bits per heavy atom. The van der Waals surface area contributed by atoms with Crippen molar-refractivity contribution >= 4 is 23.2 Å². The van der Waals surface area contributed by atoms with Crippen LogP contribution >= 0.6 is 0 Å². The fourth-order valence-corrected chi connectivity index (χ4v) is 2.60. The fraction of sp³-hybridized carbons (Fsp3) is 0.222. The van der Waals surface area contributed by atoms with Crippen LogP contribution in [0.4, 0.5) is 15.8 Å². The van der Waals surface area contributed by atoms with Crippen LogP contribution in [0, 0.1) is 12.7 Å². The minimum absolute atomic E-state index is 0.0811. The molecule has 5 nitrogen and oxygen atoms in total. The molecule has 0 fully saturated rings. The molecule has 0 unspecified atom stereocenters. The van der Waals surface area contributed by atoms with E-state index in [-0.39, 0.29) is 30.7 Å².